The van der Waals surface area contributed by atoms with Gasteiger partial charge in [-0.05, 0) is 24.3 Å². The van der Waals surface area contributed by atoms with Crippen LogP contribution in [0.3, 0.4) is 0 Å². The van der Waals surface area contributed by atoms with Gasteiger partial charge in [-0.3, -0.25) is 0 Å². The van der Waals surface area contributed by atoms with Gasteiger partial charge in [-0.1, -0.05) is 12.1 Å². The monoisotopic (exact) mass is 284 g/mol. The number of imidazole rings is 1. The van der Waals surface area contributed by atoms with E-state index in [1.165, 1.54) is 14.2 Å². The second-order valence-corrected chi connectivity index (χ2v) is 4.71. The first kappa shape index (κ1) is 13.3. The van der Waals surface area contributed by atoms with Crippen molar-refractivity contribution < 1.29 is 14.6 Å². The van der Waals surface area contributed by atoms with Crippen molar-refractivity contribution in [2.45, 2.75) is 0 Å². The first-order valence-corrected chi connectivity index (χ1v) is 6.52. The molecule has 0 radical (unpaired) electrons. The number of fused-ring (bicyclic) bond motifs is 1. The number of phenols is 1. The average molecular weight is 284 g/mol. The molecule has 1 aromatic heterocycles. The Balaban J connectivity index is 2.25. The molecule has 5 nitrogen and oxygen atoms in total. The SMILES string of the molecule is COc1cc(-c2nc3ccccc3n2C)cc(OC)c1O. The van der Waals surface area contributed by atoms with Crippen LogP contribution in [-0.2, 0) is 7.05 Å². The van der Waals surface area contributed by atoms with Crippen LogP contribution in [0.5, 0.6) is 17.2 Å². The Hall–Kier alpha value is -2.69. The van der Waals surface area contributed by atoms with Gasteiger partial charge in [-0.15, -0.1) is 0 Å². The molecule has 0 bridgehead atoms. The summed E-state index contributed by atoms with van der Waals surface area (Å²) in [6.45, 7) is 0. The Morgan fingerprint density at radius 2 is 1.67 bits per heavy atom. The molecule has 1 N–H and O–H groups in total. The van der Waals surface area contributed by atoms with E-state index in [2.05, 4.69) is 4.98 Å². The van der Waals surface area contributed by atoms with Crippen molar-refractivity contribution in [1.82, 2.24) is 9.55 Å². The Bertz CT molecular complexity index is 783. The van der Waals surface area contributed by atoms with Crippen molar-refractivity contribution in [2.75, 3.05) is 14.2 Å². The molecular formula is C16H16N2O3. The number of hydrogen-bond acceptors (Lipinski definition) is 4. The van der Waals surface area contributed by atoms with Crippen molar-refractivity contribution in [1.29, 1.82) is 0 Å². The molecule has 3 aromatic rings. The van der Waals surface area contributed by atoms with Crippen LogP contribution < -0.4 is 9.47 Å². The zero-order valence-electron chi connectivity index (χ0n) is 12.1. The standard InChI is InChI=1S/C16H16N2O3/c1-18-12-7-5-4-6-11(12)17-16(18)10-8-13(20-2)15(19)14(9-10)21-3/h4-9,19H,1-3H3. The summed E-state index contributed by atoms with van der Waals surface area (Å²) in [7, 11) is 4.97. The van der Waals surface area contributed by atoms with E-state index in [4.69, 9.17) is 9.47 Å². The molecule has 2 aromatic carbocycles. The van der Waals surface area contributed by atoms with Gasteiger partial charge in [0.2, 0.25) is 5.75 Å². The molecule has 3 rings (SSSR count). The lowest BCUT2D eigenvalue weighted by Crippen LogP contribution is -1.95. The Kier molecular flexibility index (Phi) is 3.17. The van der Waals surface area contributed by atoms with Crippen molar-refractivity contribution in [3.63, 3.8) is 0 Å². The van der Waals surface area contributed by atoms with Gasteiger partial charge in [0, 0.05) is 12.6 Å². The van der Waals surface area contributed by atoms with E-state index in [-0.39, 0.29) is 5.75 Å². The van der Waals surface area contributed by atoms with Crippen molar-refractivity contribution >= 4 is 11.0 Å². The van der Waals surface area contributed by atoms with Crippen LogP contribution in [0.4, 0.5) is 0 Å². The van der Waals surface area contributed by atoms with Crippen LogP contribution in [-0.4, -0.2) is 28.9 Å². The van der Waals surface area contributed by atoms with E-state index < -0.39 is 0 Å². The average Bonchev–Trinajstić information content (AvgIpc) is 2.85. The van der Waals surface area contributed by atoms with E-state index in [9.17, 15) is 5.11 Å². The summed E-state index contributed by atoms with van der Waals surface area (Å²) < 4.78 is 12.4. The molecule has 0 unspecified atom stereocenters. The number of hydrogen-bond donors (Lipinski definition) is 1. The second kappa shape index (κ2) is 5.01. The Labute approximate surface area is 122 Å². The molecule has 5 heteroatoms. The number of nitrogens with zero attached hydrogens (tertiary/aromatic N) is 2. The molecule has 0 aliphatic heterocycles. The highest BCUT2D eigenvalue weighted by Crippen LogP contribution is 2.40. The summed E-state index contributed by atoms with van der Waals surface area (Å²) in [4.78, 5) is 4.63. The van der Waals surface area contributed by atoms with Crippen LogP contribution in [0.2, 0.25) is 0 Å². The topological polar surface area (TPSA) is 56.5 Å². The molecule has 0 fully saturated rings. The number of ether oxygens (including phenoxy) is 2. The number of aromatic nitrogens is 2. The summed E-state index contributed by atoms with van der Waals surface area (Å²) in [5, 5.41) is 9.99. The number of aryl methyl sites for hydroxylation is 1. The molecule has 108 valence electrons. The molecule has 0 saturated carbocycles. The largest absolute Gasteiger partial charge is 0.502 e. The molecule has 0 saturated heterocycles. The zero-order valence-corrected chi connectivity index (χ0v) is 12.1. The van der Waals surface area contributed by atoms with Crippen molar-refractivity contribution in [3.8, 4) is 28.6 Å². The summed E-state index contributed by atoms with van der Waals surface area (Å²) >= 11 is 0. The molecule has 0 amide bonds. The van der Waals surface area contributed by atoms with E-state index in [0.717, 1.165) is 22.4 Å². The van der Waals surface area contributed by atoms with Gasteiger partial charge in [0.25, 0.3) is 0 Å². The van der Waals surface area contributed by atoms with E-state index in [1.807, 2.05) is 35.9 Å². The fraction of sp³-hybridized carbons (Fsp3) is 0.188. The molecule has 0 atom stereocenters. The highest BCUT2D eigenvalue weighted by Gasteiger charge is 2.16. The third-order valence-corrected chi connectivity index (χ3v) is 3.53. The van der Waals surface area contributed by atoms with Crippen LogP contribution in [0.25, 0.3) is 22.4 Å². The van der Waals surface area contributed by atoms with Gasteiger partial charge in [0.15, 0.2) is 11.5 Å². The third kappa shape index (κ3) is 2.07. The van der Waals surface area contributed by atoms with Crippen molar-refractivity contribution in [3.05, 3.63) is 36.4 Å². The molecule has 0 spiro atoms. The van der Waals surface area contributed by atoms with Crippen LogP contribution in [0, 0.1) is 0 Å². The lowest BCUT2D eigenvalue weighted by molar-refractivity contribution is 0.340. The quantitative estimate of drug-likeness (QED) is 0.803. The zero-order chi connectivity index (χ0) is 15.0. The van der Waals surface area contributed by atoms with Gasteiger partial charge in [0.05, 0.1) is 25.3 Å². The highest BCUT2D eigenvalue weighted by atomic mass is 16.5. The minimum absolute atomic E-state index is 0.0116. The lowest BCUT2D eigenvalue weighted by Gasteiger charge is -2.11. The van der Waals surface area contributed by atoms with E-state index in [1.54, 1.807) is 12.1 Å². The van der Waals surface area contributed by atoms with Crippen molar-refractivity contribution in [2.24, 2.45) is 7.05 Å². The third-order valence-electron chi connectivity index (χ3n) is 3.53. The van der Waals surface area contributed by atoms with Gasteiger partial charge in [-0.2, -0.15) is 0 Å². The predicted octanol–water partition coefficient (Wildman–Crippen LogP) is 2.96. The van der Waals surface area contributed by atoms with Crippen LogP contribution in [0.1, 0.15) is 0 Å². The van der Waals surface area contributed by atoms with Crippen LogP contribution in [0.15, 0.2) is 36.4 Å². The maximum atomic E-state index is 9.99. The maximum absolute atomic E-state index is 9.99. The number of rotatable bonds is 3. The maximum Gasteiger partial charge on any atom is 0.200 e. The smallest absolute Gasteiger partial charge is 0.200 e. The lowest BCUT2D eigenvalue weighted by atomic mass is 10.1. The van der Waals surface area contributed by atoms with Gasteiger partial charge in [0.1, 0.15) is 5.82 Å². The van der Waals surface area contributed by atoms with Gasteiger partial charge < -0.3 is 19.1 Å². The summed E-state index contributed by atoms with van der Waals surface area (Å²) in [5.41, 5.74) is 2.78. The molecule has 0 aliphatic rings. The summed E-state index contributed by atoms with van der Waals surface area (Å²) in [5.74, 6) is 1.49. The second-order valence-electron chi connectivity index (χ2n) is 4.71. The van der Waals surface area contributed by atoms with Gasteiger partial charge >= 0.3 is 0 Å². The molecule has 1 heterocycles. The molecule has 21 heavy (non-hydrogen) atoms. The number of methoxy groups -OCH3 is 2. The molecular weight excluding hydrogens is 268 g/mol. The minimum Gasteiger partial charge on any atom is -0.502 e. The molecule has 0 aliphatic carbocycles. The summed E-state index contributed by atoms with van der Waals surface area (Å²) in [6.07, 6.45) is 0. The Morgan fingerprint density at radius 3 is 2.24 bits per heavy atom. The van der Waals surface area contributed by atoms with Gasteiger partial charge in [-0.25, -0.2) is 4.98 Å². The number of phenolic OH excluding ortho intramolecular Hbond substituents is 1. The van der Waals surface area contributed by atoms with Crippen LogP contribution >= 0.6 is 0 Å². The predicted molar refractivity (Wildman–Crippen MR) is 80.9 cm³/mol. The highest BCUT2D eigenvalue weighted by molar-refractivity contribution is 5.81. The number of benzene rings is 2. The van der Waals surface area contributed by atoms with E-state index >= 15 is 0 Å². The number of para-hydroxylation sites is 2. The summed E-state index contributed by atoms with van der Waals surface area (Å²) in [6, 6.07) is 11.4. The normalized spacial score (nSPS) is 10.8. The minimum atomic E-state index is -0.0116. The Morgan fingerprint density at radius 1 is 1.05 bits per heavy atom. The van der Waals surface area contributed by atoms with E-state index in [0.29, 0.717) is 11.5 Å². The first-order valence-electron chi connectivity index (χ1n) is 6.52. The number of aromatic hydroxyl groups is 1. The first-order chi connectivity index (χ1) is 10.2. The fourth-order valence-electron chi connectivity index (χ4n) is 2.43. The fourth-order valence-corrected chi connectivity index (χ4v) is 2.43.